The maximum atomic E-state index is 11.3. The van der Waals surface area contributed by atoms with E-state index in [9.17, 15) is 5.11 Å². The molecule has 0 bridgehead atoms. The van der Waals surface area contributed by atoms with Gasteiger partial charge in [-0.15, -0.1) is 29.3 Å². The summed E-state index contributed by atoms with van der Waals surface area (Å²) in [7, 11) is 0. The molecule has 8 aromatic rings. The van der Waals surface area contributed by atoms with Crippen LogP contribution >= 0.6 is 0 Å². The molecule has 5 heteroatoms. The van der Waals surface area contributed by atoms with Crippen molar-refractivity contribution in [2.24, 2.45) is 0 Å². The molecule has 0 unspecified atom stereocenters. The van der Waals surface area contributed by atoms with Gasteiger partial charge in [0.2, 0.25) is 0 Å². The molecule has 6 aromatic carbocycles. The summed E-state index contributed by atoms with van der Waals surface area (Å²) < 4.78 is 2.21. The Kier molecular flexibility index (Phi) is 10.5. The Labute approximate surface area is 345 Å². The molecule has 2 heterocycles. The summed E-state index contributed by atoms with van der Waals surface area (Å²) in [6, 6.07) is 52.2. The molecule has 4 nitrogen and oxygen atoms in total. The van der Waals surface area contributed by atoms with E-state index in [4.69, 9.17) is 9.97 Å². The largest absolute Gasteiger partial charge is 0.507 e. The number of aromatic hydroxyl groups is 1. The fourth-order valence-electron chi connectivity index (χ4n) is 7.24. The summed E-state index contributed by atoms with van der Waals surface area (Å²) in [5.41, 5.74) is 15.0. The molecule has 2 aromatic heterocycles. The van der Waals surface area contributed by atoms with Crippen molar-refractivity contribution in [1.29, 1.82) is 0 Å². The third-order valence-electron chi connectivity index (χ3n) is 10.5. The van der Waals surface area contributed by atoms with E-state index in [0.717, 1.165) is 61.4 Å². The van der Waals surface area contributed by atoms with Crippen LogP contribution in [0, 0.1) is 13.0 Å². The maximum absolute atomic E-state index is 11.3. The van der Waals surface area contributed by atoms with E-state index in [-0.39, 0.29) is 37.6 Å². The van der Waals surface area contributed by atoms with Gasteiger partial charge in [0.15, 0.2) is 0 Å². The van der Waals surface area contributed by atoms with Crippen LogP contribution in [0.25, 0.3) is 72.7 Å². The maximum Gasteiger partial charge on any atom is 0.148 e. The predicted octanol–water partition coefficient (Wildman–Crippen LogP) is 13.2. The number of fused-ring (bicyclic) bond motifs is 1. The molecule has 0 aliphatic carbocycles. The van der Waals surface area contributed by atoms with Crippen molar-refractivity contribution in [2.75, 3.05) is 0 Å². The number of pyridine rings is 1. The van der Waals surface area contributed by atoms with E-state index in [2.05, 4.69) is 168 Å². The third kappa shape index (κ3) is 7.51. The van der Waals surface area contributed by atoms with E-state index >= 15 is 0 Å². The van der Waals surface area contributed by atoms with Crippen LogP contribution in [0.3, 0.4) is 0 Å². The van der Waals surface area contributed by atoms with Crippen LogP contribution in [0.15, 0.2) is 146 Å². The molecule has 0 fully saturated rings. The van der Waals surface area contributed by atoms with E-state index < -0.39 is 0 Å². The van der Waals surface area contributed by atoms with E-state index in [0.29, 0.717) is 11.4 Å². The second-order valence-corrected chi connectivity index (χ2v) is 16.6. The average Bonchev–Trinajstić information content (AvgIpc) is 3.57. The number of rotatable bonds is 6. The zero-order valence-electron chi connectivity index (χ0n) is 33.0. The summed E-state index contributed by atoms with van der Waals surface area (Å²) >= 11 is 0. The minimum atomic E-state index is -0.138. The monoisotopic (exact) mass is 911 g/mol. The number of nitrogens with zero attached hydrogens (tertiary/aromatic N) is 3. The number of aromatic nitrogens is 3. The van der Waals surface area contributed by atoms with Gasteiger partial charge in [-0.1, -0.05) is 149 Å². The first kappa shape index (κ1) is 38.7. The Morgan fingerprint density at radius 2 is 1.25 bits per heavy atom. The van der Waals surface area contributed by atoms with Gasteiger partial charge in [-0.05, 0) is 76.4 Å². The van der Waals surface area contributed by atoms with Crippen LogP contribution < -0.4 is 0 Å². The van der Waals surface area contributed by atoms with Crippen molar-refractivity contribution in [3.8, 4) is 67.5 Å². The van der Waals surface area contributed by atoms with Gasteiger partial charge in [0.05, 0.1) is 22.3 Å². The molecular formula is C51H46N3OPt-. The number of benzene rings is 6. The molecule has 0 aliphatic rings. The number of hydrogen-bond acceptors (Lipinski definition) is 3. The third-order valence-corrected chi connectivity index (χ3v) is 10.5. The van der Waals surface area contributed by atoms with Crippen LogP contribution in [0.2, 0.25) is 0 Å². The zero-order valence-corrected chi connectivity index (χ0v) is 35.2. The van der Waals surface area contributed by atoms with E-state index in [1.54, 1.807) is 6.07 Å². The SMILES string of the molecule is Cc1ccc(-c2ccnc(-c3[c-]c(-c4cccc5c4nc(-c4ccccc4O)n5-c4ccc(C(C)(C)C)cc4-c4ccccc4)cc(C(C)(C)C)c3)c2)cc1.[Pt]. The molecule has 0 spiro atoms. The summed E-state index contributed by atoms with van der Waals surface area (Å²) in [5, 5.41) is 11.3. The van der Waals surface area contributed by atoms with Crippen LogP contribution in [0.5, 0.6) is 5.75 Å². The van der Waals surface area contributed by atoms with Gasteiger partial charge in [0, 0.05) is 38.5 Å². The van der Waals surface area contributed by atoms with Gasteiger partial charge >= 0.3 is 0 Å². The molecule has 1 N–H and O–H groups in total. The molecule has 0 amide bonds. The van der Waals surface area contributed by atoms with E-state index in [1.165, 1.54) is 16.7 Å². The van der Waals surface area contributed by atoms with Crippen LogP contribution in [-0.2, 0) is 31.9 Å². The summed E-state index contributed by atoms with van der Waals surface area (Å²) in [6.07, 6.45) is 1.89. The Bertz CT molecular complexity index is 2680. The zero-order chi connectivity index (χ0) is 38.5. The molecular weight excluding hydrogens is 866 g/mol. The minimum Gasteiger partial charge on any atom is -0.507 e. The second-order valence-electron chi connectivity index (χ2n) is 16.6. The van der Waals surface area contributed by atoms with Crippen molar-refractivity contribution in [1.82, 2.24) is 14.5 Å². The Balaban J connectivity index is 0.00000480. The number of hydrogen-bond donors (Lipinski definition) is 1. The van der Waals surface area contributed by atoms with Gasteiger partial charge in [0.25, 0.3) is 0 Å². The van der Waals surface area contributed by atoms with Crippen molar-refractivity contribution < 1.29 is 26.2 Å². The van der Waals surface area contributed by atoms with Gasteiger partial charge in [-0.25, -0.2) is 4.98 Å². The molecule has 0 saturated heterocycles. The normalized spacial score (nSPS) is 11.8. The van der Waals surface area contributed by atoms with Crippen molar-refractivity contribution in [3.63, 3.8) is 0 Å². The topological polar surface area (TPSA) is 50.9 Å². The standard InChI is InChI=1S/C51H46N3O.Pt/c1-33-20-22-34(23-21-33)36-26-27-52-44(31-36)38-28-37(29-40(30-38)51(5,6)7)41-17-13-18-46-48(41)53-49(42-16-11-12-19-47(42)55)54(46)45-25-24-39(50(2,3)4)32-43(45)35-14-9-8-10-15-35;/h8-27,29-32,55H,1-7H3;/q-1;. The number of para-hydroxylation sites is 2. The molecule has 56 heavy (non-hydrogen) atoms. The van der Waals surface area contributed by atoms with Crippen molar-refractivity contribution in [3.05, 3.63) is 168 Å². The summed E-state index contributed by atoms with van der Waals surface area (Å²) in [6.45, 7) is 15.6. The number of phenolic OH excluding ortho intramolecular Hbond substituents is 1. The molecule has 282 valence electrons. The predicted molar refractivity (Wildman–Crippen MR) is 229 cm³/mol. The van der Waals surface area contributed by atoms with Gasteiger partial charge in [-0.2, -0.15) is 0 Å². The van der Waals surface area contributed by atoms with Gasteiger partial charge in [-0.3, -0.25) is 9.55 Å². The fraction of sp³-hybridized carbons (Fsp3) is 0.176. The Morgan fingerprint density at radius 1 is 0.571 bits per heavy atom. The second kappa shape index (κ2) is 15.2. The van der Waals surface area contributed by atoms with Gasteiger partial charge in [0.1, 0.15) is 11.6 Å². The number of aryl methyl sites for hydroxylation is 1. The quantitative estimate of drug-likeness (QED) is 0.169. The van der Waals surface area contributed by atoms with E-state index in [1.807, 2.05) is 30.5 Å². The molecule has 0 radical (unpaired) electrons. The Hall–Kier alpha value is -5.57. The number of phenols is 1. The summed E-state index contributed by atoms with van der Waals surface area (Å²) in [4.78, 5) is 10.3. The number of imidazole rings is 1. The van der Waals surface area contributed by atoms with Crippen molar-refractivity contribution >= 4 is 11.0 Å². The first-order valence-corrected chi connectivity index (χ1v) is 19.0. The van der Waals surface area contributed by atoms with Crippen LogP contribution in [0.1, 0.15) is 58.2 Å². The van der Waals surface area contributed by atoms with Crippen LogP contribution in [0.4, 0.5) is 0 Å². The van der Waals surface area contributed by atoms with Crippen molar-refractivity contribution in [2.45, 2.75) is 59.3 Å². The molecule has 0 aliphatic heterocycles. The Morgan fingerprint density at radius 3 is 1.96 bits per heavy atom. The fourth-order valence-corrected chi connectivity index (χ4v) is 7.24. The molecule has 0 atom stereocenters. The smallest absolute Gasteiger partial charge is 0.148 e. The van der Waals surface area contributed by atoms with Gasteiger partial charge < -0.3 is 5.11 Å². The minimum absolute atomic E-state index is 0. The molecule has 8 rings (SSSR count). The molecule has 0 saturated carbocycles. The first-order chi connectivity index (χ1) is 26.3. The first-order valence-electron chi connectivity index (χ1n) is 19.0. The average molecular weight is 912 g/mol. The summed E-state index contributed by atoms with van der Waals surface area (Å²) in [5.74, 6) is 0.845. The van der Waals surface area contributed by atoms with Crippen LogP contribution in [-0.4, -0.2) is 19.6 Å².